The lowest BCUT2D eigenvalue weighted by Crippen LogP contribution is -2.64. The van der Waals surface area contributed by atoms with E-state index in [0.29, 0.717) is 38.2 Å². The van der Waals surface area contributed by atoms with Crippen molar-refractivity contribution in [1.29, 1.82) is 0 Å². The highest BCUT2D eigenvalue weighted by molar-refractivity contribution is 7.89. The number of anilines is 1. The summed E-state index contributed by atoms with van der Waals surface area (Å²) in [7, 11) is -1.42. The van der Waals surface area contributed by atoms with Gasteiger partial charge in [-0.15, -0.1) is 0 Å². The molecule has 1 atom stereocenters. The van der Waals surface area contributed by atoms with E-state index in [-0.39, 0.29) is 18.2 Å². The van der Waals surface area contributed by atoms with Crippen molar-refractivity contribution in [1.82, 2.24) is 9.21 Å². The van der Waals surface area contributed by atoms with E-state index in [0.717, 1.165) is 6.42 Å². The monoisotopic (exact) mass is 383 g/mol. The van der Waals surface area contributed by atoms with Crippen LogP contribution in [-0.2, 0) is 14.8 Å². The molecular weight excluding hydrogens is 357 g/mol. The molecule has 1 aromatic rings. The number of carbonyl (C=O) groups excluding carboxylic acids is 1. The van der Waals surface area contributed by atoms with E-state index < -0.39 is 21.4 Å². The van der Waals surface area contributed by atoms with Crippen LogP contribution < -0.4 is 4.90 Å². The summed E-state index contributed by atoms with van der Waals surface area (Å²) in [4.78, 5) is 16.1. The minimum atomic E-state index is -3.28. The van der Waals surface area contributed by atoms with Crippen molar-refractivity contribution in [3.8, 4) is 0 Å². The number of hydrogen-bond donors (Lipinski definition) is 0. The predicted octanol–water partition coefficient (Wildman–Crippen LogP) is 1.68. The first-order valence-electron chi connectivity index (χ1n) is 9.02. The molecule has 6 nitrogen and oxygen atoms in total. The Morgan fingerprint density at radius 2 is 2.04 bits per heavy atom. The number of benzene rings is 1. The Morgan fingerprint density at radius 3 is 2.73 bits per heavy atom. The summed E-state index contributed by atoms with van der Waals surface area (Å²) in [5.74, 6) is -0.329. The molecule has 1 spiro atoms. The van der Waals surface area contributed by atoms with E-state index >= 15 is 0 Å². The molecule has 0 radical (unpaired) electrons. The Bertz CT molecular complexity index is 786. The third-order valence-corrected chi connectivity index (χ3v) is 7.41. The van der Waals surface area contributed by atoms with E-state index in [1.165, 1.54) is 12.1 Å². The summed E-state index contributed by atoms with van der Waals surface area (Å²) < 4.78 is 40.3. The fourth-order valence-corrected chi connectivity index (χ4v) is 5.51. The molecule has 0 saturated carbocycles. The first-order chi connectivity index (χ1) is 12.3. The highest BCUT2D eigenvalue weighted by Gasteiger charge is 2.49. The van der Waals surface area contributed by atoms with Crippen molar-refractivity contribution in [2.75, 3.05) is 43.9 Å². The Balaban J connectivity index is 1.82. The highest BCUT2D eigenvalue weighted by atomic mass is 32.2. The lowest BCUT2D eigenvalue weighted by atomic mass is 9.92. The molecule has 0 aliphatic carbocycles. The second kappa shape index (κ2) is 7.25. The van der Waals surface area contributed by atoms with Crippen LogP contribution in [0.1, 0.15) is 26.2 Å². The van der Waals surface area contributed by atoms with Crippen LogP contribution in [0.3, 0.4) is 0 Å². The Morgan fingerprint density at radius 1 is 1.27 bits per heavy atom. The van der Waals surface area contributed by atoms with Gasteiger partial charge in [0.1, 0.15) is 5.82 Å². The van der Waals surface area contributed by atoms with Gasteiger partial charge in [0, 0.05) is 25.3 Å². The number of rotatable bonds is 5. The van der Waals surface area contributed by atoms with Gasteiger partial charge in [-0.2, -0.15) is 4.31 Å². The topological polar surface area (TPSA) is 60.9 Å². The summed E-state index contributed by atoms with van der Waals surface area (Å²) >= 11 is 0. The molecule has 1 aromatic carbocycles. The van der Waals surface area contributed by atoms with E-state index in [1.54, 1.807) is 21.3 Å². The van der Waals surface area contributed by atoms with Gasteiger partial charge in [0.05, 0.1) is 17.8 Å². The van der Waals surface area contributed by atoms with Crippen molar-refractivity contribution in [2.45, 2.75) is 31.7 Å². The average molecular weight is 383 g/mol. The van der Waals surface area contributed by atoms with Gasteiger partial charge < -0.3 is 4.90 Å². The van der Waals surface area contributed by atoms with Crippen molar-refractivity contribution < 1.29 is 17.6 Å². The van der Waals surface area contributed by atoms with Gasteiger partial charge in [-0.25, -0.2) is 12.8 Å². The zero-order valence-electron chi connectivity index (χ0n) is 15.3. The van der Waals surface area contributed by atoms with Gasteiger partial charge in [0.2, 0.25) is 15.9 Å². The number of halogens is 1. The number of sulfonamides is 1. The van der Waals surface area contributed by atoms with Crippen molar-refractivity contribution in [2.24, 2.45) is 0 Å². The second-order valence-electron chi connectivity index (χ2n) is 7.29. The summed E-state index contributed by atoms with van der Waals surface area (Å²) in [5.41, 5.74) is 0.0919. The molecule has 8 heteroatoms. The molecular formula is C18H26FN3O3S. The standard InChI is InChI=1S/C18H26FN3O3S/c1-3-4-10-26(24,25)21-9-8-18(13-21)14-22(17(23)12-20(18)2)16-7-5-6-15(19)11-16/h5-7,11H,3-4,8-10,12-14H2,1-2H3/t18-/m0/s1. The fourth-order valence-electron chi connectivity index (χ4n) is 3.79. The molecule has 0 N–H and O–H groups in total. The minimum Gasteiger partial charge on any atom is -0.309 e. The Kier molecular flexibility index (Phi) is 5.37. The van der Waals surface area contributed by atoms with Gasteiger partial charge in [0.25, 0.3) is 0 Å². The van der Waals surface area contributed by atoms with E-state index in [4.69, 9.17) is 0 Å². The van der Waals surface area contributed by atoms with Crippen LogP contribution in [0, 0.1) is 5.82 Å². The van der Waals surface area contributed by atoms with Crippen LogP contribution in [0.4, 0.5) is 10.1 Å². The van der Waals surface area contributed by atoms with Gasteiger partial charge in [-0.05, 0) is 38.1 Å². The average Bonchev–Trinajstić information content (AvgIpc) is 3.03. The number of unbranched alkanes of at least 4 members (excludes halogenated alkanes) is 1. The molecule has 2 saturated heterocycles. The largest absolute Gasteiger partial charge is 0.309 e. The molecule has 144 valence electrons. The molecule has 0 bridgehead atoms. The maximum atomic E-state index is 13.6. The van der Waals surface area contributed by atoms with Crippen LogP contribution in [0.2, 0.25) is 0 Å². The minimum absolute atomic E-state index is 0.101. The third-order valence-electron chi connectivity index (χ3n) is 5.50. The first kappa shape index (κ1) is 19.3. The van der Waals surface area contributed by atoms with Crippen LogP contribution in [0.15, 0.2) is 24.3 Å². The number of amides is 1. The highest BCUT2D eigenvalue weighted by Crippen LogP contribution is 2.34. The third kappa shape index (κ3) is 3.63. The summed E-state index contributed by atoms with van der Waals surface area (Å²) in [5, 5.41) is 0. The number of piperazine rings is 1. The fraction of sp³-hybridized carbons (Fsp3) is 0.611. The van der Waals surface area contributed by atoms with Gasteiger partial charge in [-0.3, -0.25) is 9.69 Å². The van der Waals surface area contributed by atoms with Crippen molar-refractivity contribution in [3.05, 3.63) is 30.1 Å². The number of likely N-dealkylation sites (N-methyl/N-ethyl adjacent to an activating group) is 1. The van der Waals surface area contributed by atoms with Crippen LogP contribution in [0.5, 0.6) is 0 Å². The quantitative estimate of drug-likeness (QED) is 0.776. The number of nitrogens with zero attached hydrogens (tertiary/aromatic N) is 3. The lowest BCUT2D eigenvalue weighted by molar-refractivity contribution is -0.123. The maximum absolute atomic E-state index is 13.6. The van der Waals surface area contributed by atoms with Crippen LogP contribution in [-0.4, -0.2) is 68.0 Å². The Hall–Kier alpha value is -1.51. The Labute approximate surface area is 154 Å². The molecule has 0 unspecified atom stereocenters. The van der Waals surface area contributed by atoms with Crippen LogP contribution in [0.25, 0.3) is 0 Å². The summed E-state index contributed by atoms with van der Waals surface area (Å²) in [6.07, 6.45) is 2.14. The zero-order chi connectivity index (χ0) is 18.9. The molecule has 2 aliphatic rings. The molecule has 2 fully saturated rings. The summed E-state index contributed by atoms with van der Waals surface area (Å²) in [6, 6.07) is 5.99. The SMILES string of the molecule is CCCCS(=O)(=O)N1CC[C@@]2(CN(c3cccc(F)c3)C(=O)CN2C)C1. The van der Waals surface area contributed by atoms with E-state index in [2.05, 4.69) is 0 Å². The molecule has 2 heterocycles. The second-order valence-corrected chi connectivity index (χ2v) is 9.38. The number of hydrogen-bond acceptors (Lipinski definition) is 4. The maximum Gasteiger partial charge on any atom is 0.241 e. The normalized spacial score (nSPS) is 25.3. The van der Waals surface area contributed by atoms with Crippen LogP contribution >= 0.6 is 0 Å². The predicted molar refractivity (Wildman–Crippen MR) is 99.0 cm³/mol. The van der Waals surface area contributed by atoms with E-state index in [9.17, 15) is 17.6 Å². The van der Waals surface area contributed by atoms with E-state index in [1.807, 2.05) is 18.9 Å². The lowest BCUT2D eigenvalue weighted by Gasteiger charge is -2.46. The van der Waals surface area contributed by atoms with Gasteiger partial charge in [-0.1, -0.05) is 19.4 Å². The van der Waals surface area contributed by atoms with Crippen molar-refractivity contribution in [3.63, 3.8) is 0 Å². The first-order valence-corrected chi connectivity index (χ1v) is 10.6. The molecule has 26 heavy (non-hydrogen) atoms. The molecule has 3 rings (SSSR count). The number of carbonyl (C=O) groups is 1. The molecule has 0 aromatic heterocycles. The zero-order valence-corrected chi connectivity index (χ0v) is 16.1. The van der Waals surface area contributed by atoms with Crippen molar-refractivity contribution >= 4 is 21.6 Å². The molecule has 2 aliphatic heterocycles. The molecule has 1 amide bonds. The smallest absolute Gasteiger partial charge is 0.241 e. The van der Waals surface area contributed by atoms with Gasteiger partial charge >= 0.3 is 0 Å². The van der Waals surface area contributed by atoms with Gasteiger partial charge in [0.15, 0.2) is 0 Å². The summed E-state index contributed by atoms with van der Waals surface area (Å²) in [6.45, 7) is 3.36.